The summed E-state index contributed by atoms with van der Waals surface area (Å²) in [5.74, 6) is -2.98. The molecule has 26 heavy (non-hydrogen) atoms. The van der Waals surface area contributed by atoms with Crippen molar-refractivity contribution in [3.8, 4) is 0 Å². The van der Waals surface area contributed by atoms with Crippen LogP contribution in [-0.2, 0) is 0 Å². The van der Waals surface area contributed by atoms with Crippen molar-refractivity contribution in [1.29, 1.82) is 0 Å². The van der Waals surface area contributed by atoms with Gasteiger partial charge in [0.25, 0.3) is 0 Å². The highest BCUT2D eigenvalue weighted by Crippen LogP contribution is 2.41. The van der Waals surface area contributed by atoms with E-state index in [1.807, 2.05) is 0 Å². The maximum atomic E-state index is 13.5. The van der Waals surface area contributed by atoms with Crippen molar-refractivity contribution in [1.82, 2.24) is 0 Å². The highest BCUT2D eigenvalue weighted by molar-refractivity contribution is 9.11. The highest BCUT2D eigenvalue weighted by Gasteiger charge is 2.39. The maximum Gasteiger partial charge on any atom is 0.399 e. The number of allylic oxidation sites excluding steroid dienone is 1. The number of hydrogen-bond donors (Lipinski definition) is 1. The Morgan fingerprint density at radius 2 is 1.65 bits per heavy atom. The lowest BCUT2D eigenvalue weighted by Crippen LogP contribution is -2.19. The van der Waals surface area contributed by atoms with Gasteiger partial charge >= 0.3 is 12.1 Å². The van der Waals surface area contributed by atoms with Crippen LogP contribution < -0.4 is 0 Å². The van der Waals surface area contributed by atoms with Gasteiger partial charge in [-0.05, 0) is 83.2 Å². The fraction of sp³-hybridized carbons (Fsp3) is 0.118. The third-order valence-electron chi connectivity index (χ3n) is 3.42. The number of carbonyl (C=O) groups is 1. The minimum atomic E-state index is -4.51. The molecule has 1 atom stereocenters. The average Bonchev–Trinajstić information content (AvgIpc) is 2.51. The van der Waals surface area contributed by atoms with Crippen LogP contribution in [0.2, 0.25) is 5.02 Å². The first-order valence-corrected chi connectivity index (χ1v) is 9.68. The van der Waals surface area contributed by atoms with E-state index < -0.39 is 18.1 Å². The van der Waals surface area contributed by atoms with E-state index in [2.05, 4.69) is 47.8 Å². The number of alkyl halides is 3. The van der Waals surface area contributed by atoms with E-state index >= 15 is 0 Å². The minimum Gasteiger partial charge on any atom is -0.478 e. The van der Waals surface area contributed by atoms with Gasteiger partial charge in [-0.3, -0.25) is 0 Å². The van der Waals surface area contributed by atoms with Crippen molar-refractivity contribution < 1.29 is 23.1 Å². The molecule has 0 fully saturated rings. The molecule has 9 heteroatoms. The first-order chi connectivity index (χ1) is 12.0. The van der Waals surface area contributed by atoms with Crippen molar-refractivity contribution in [3.05, 3.63) is 71.5 Å². The summed E-state index contributed by atoms with van der Waals surface area (Å²) in [5.41, 5.74) is 0.474. The molecule has 0 saturated carbocycles. The summed E-state index contributed by atoms with van der Waals surface area (Å²) < 4.78 is 41.5. The van der Waals surface area contributed by atoms with Crippen LogP contribution in [0.4, 0.5) is 13.2 Å². The predicted octanol–water partition coefficient (Wildman–Crippen LogP) is 7.69. The molecular weight excluding hydrogens is 568 g/mol. The maximum absolute atomic E-state index is 13.5. The third-order valence-corrected chi connectivity index (χ3v) is 6.19. The minimum absolute atomic E-state index is 0.0121. The molecule has 0 aliphatic heterocycles. The van der Waals surface area contributed by atoms with Crippen LogP contribution in [0.3, 0.4) is 0 Å². The van der Waals surface area contributed by atoms with Crippen LogP contribution in [0.15, 0.2) is 49.8 Å². The average molecular weight is 577 g/mol. The summed E-state index contributed by atoms with van der Waals surface area (Å²) in [6.45, 7) is 0. The zero-order chi connectivity index (χ0) is 19.6. The Morgan fingerprint density at radius 3 is 2.12 bits per heavy atom. The molecule has 2 nitrogen and oxygen atoms in total. The van der Waals surface area contributed by atoms with E-state index in [0.717, 1.165) is 6.08 Å². The van der Waals surface area contributed by atoms with Gasteiger partial charge in [-0.15, -0.1) is 0 Å². The van der Waals surface area contributed by atoms with Gasteiger partial charge in [-0.2, -0.15) is 13.2 Å². The van der Waals surface area contributed by atoms with Gasteiger partial charge < -0.3 is 5.11 Å². The third kappa shape index (κ3) is 5.12. The van der Waals surface area contributed by atoms with Crippen molar-refractivity contribution in [2.24, 2.45) is 0 Å². The Kier molecular flexibility index (Phi) is 6.98. The molecule has 0 spiro atoms. The lowest BCUT2D eigenvalue weighted by Gasteiger charge is -2.18. The standard InChI is InChI=1S/C17H9Br3ClF3O2/c18-12-5-8(1-3-10(12)16(25)26)2-4-11(17(22,23)24)9-6-13(19)15(21)14(20)7-9/h1-7,11H,(H,25,26). The lowest BCUT2D eigenvalue weighted by atomic mass is 9.97. The summed E-state index contributed by atoms with van der Waals surface area (Å²) in [6, 6.07) is 6.84. The fourth-order valence-corrected chi connectivity index (χ4v) is 4.08. The monoisotopic (exact) mass is 574 g/mol. The quantitative estimate of drug-likeness (QED) is 0.379. The molecule has 0 amide bonds. The zero-order valence-corrected chi connectivity index (χ0v) is 18.1. The van der Waals surface area contributed by atoms with E-state index in [1.165, 1.54) is 36.4 Å². The van der Waals surface area contributed by atoms with Crippen LogP contribution in [0, 0.1) is 0 Å². The molecule has 2 aromatic rings. The lowest BCUT2D eigenvalue weighted by molar-refractivity contribution is -0.139. The molecule has 1 unspecified atom stereocenters. The molecule has 0 heterocycles. The van der Waals surface area contributed by atoms with Gasteiger partial charge in [0.2, 0.25) is 0 Å². The molecule has 0 aromatic heterocycles. The van der Waals surface area contributed by atoms with E-state index in [1.54, 1.807) is 0 Å². The Labute approximate surface area is 177 Å². The molecule has 0 aliphatic rings. The summed E-state index contributed by atoms with van der Waals surface area (Å²) in [6.07, 6.45) is -2.20. The largest absolute Gasteiger partial charge is 0.478 e. The normalized spacial score (nSPS) is 13.2. The number of benzene rings is 2. The number of hydrogen-bond acceptors (Lipinski definition) is 1. The van der Waals surface area contributed by atoms with Gasteiger partial charge in [0.05, 0.1) is 16.5 Å². The van der Waals surface area contributed by atoms with Gasteiger partial charge in [-0.1, -0.05) is 29.8 Å². The SMILES string of the molecule is O=C(O)c1ccc(C=CC(c2cc(Br)c(Cl)c(Br)c2)C(F)(F)F)cc1Br. The van der Waals surface area contributed by atoms with Crippen LogP contribution in [0.25, 0.3) is 6.08 Å². The molecule has 0 aliphatic carbocycles. The van der Waals surface area contributed by atoms with Crippen molar-refractivity contribution >= 4 is 71.4 Å². The first-order valence-electron chi connectivity index (χ1n) is 6.93. The van der Waals surface area contributed by atoms with Crippen LogP contribution in [0.1, 0.15) is 27.4 Å². The van der Waals surface area contributed by atoms with Gasteiger partial charge in [-0.25, -0.2) is 4.79 Å². The first kappa shape index (κ1) is 21.5. The number of halogens is 7. The molecule has 1 N–H and O–H groups in total. The van der Waals surface area contributed by atoms with Crippen LogP contribution in [0.5, 0.6) is 0 Å². The number of carboxylic acids is 1. The van der Waals surface area contributed by atoms with E-state index in [4.69, 9.17) is 16.7 Å². The molecule has 0 saturated heterocycles. The molecule has 138 valence electrons. The summed E-state index contributed by atoms with van der Waals surface area (Å²) in [7, 11) is 0. The van der Waals surface area contributed by atoms with Gasteiger partial charge in [0, 0.05) is 13.4 Å². The van der Waals surface area contributed by atoms with Crippen LogP contribution in [-0.4, -0.2) is 17.3 Å². The number of rotatable bonds is 4. The number of aromatic carboxylic acids is 1. The summed E-state index contributed by atoms with van der Waals surface area (Å²) >= 11 is 15.3. The Hall–Kier alpha value is -0.830. The van der Waals surface area contributed by atoms with Crippen LogP contribution >= 0.6 is 59.4 Å². The van der Waals surface area contributed by atoms with Crippen molar-refractivity contribution in [2.45, 2.75) is 12.1 Å². The Bertz CT molecular complexity index is 859. The zero-order valence-electron chi connectivity index (χ0n) is 12.6. The van der Waals surface area contributed by atoms with E-state index in [9.17, 15) is 18.0 Å². The Morgan fingerprint density at radius 1 is 1.08 bits per heavy atom. The second-order valence-electron chi connectivity index (χ2n) is 5.22. The molecule has 0 radical (unpaired) electrons. The summed E-state index contributed by atoms with van der Waals surface area (Å²) in [5, 5.41) is 9.27. The fourth-order valence-electron chi connectivity index (χ4n) is 2.18. The van der Waals surface area contributed by atoms with Crippen molar-refractivity contribution in [2.75, 3.05) is 0 Å². The smallest absolute Gasteiger partial charge is 0.399 e. The van der Waals surface area contributed by atoms with E-state index in [0.29, 0.717) is 14.5 Å². The molecular formula is C17H9Br3ClF3O2. The topological polar surface area (TPSA) is 37.3 Å². The van der Waals surface area contributed by atoms with Gasteiger partial charge in [0.15, 0.2) is 0 Å². The van der Waals surface area contributed by atoms with Gasteiger partial charge in [0.1, 0.15) is 0 Å². The summed E-state index contributed by atoms with van der Waals surface area (Å²) in [4.78, 5) is 11.0. The molecule has 0 bridgehead atoms. The Balaban J connectivity index is 2.42. The number of carboxylic acid groups (broad SMARTS) is 1. The second kappa shape index (κ2) is 8.46. The molecule has 2 rings (SSSR count). The highest BCUT2D eigenvalue weighted by atomic mass is 79.9. The van der Waals surface area contributed by atoms with Crippen molar-refractivity contribution in [3.63, 3.8) is 0 Å². The molecule has 2 aromatic carbocycles. The van der Waals surface area contributed by atoms with E-state index in [-0.39, 0.29) is 20.6 Å². The predicted molar refractivity (Wildman–Crippen MR) is 106 cm³/mol. The second-order valence-corrected chi connectivity index (χ2v) is 8.16.